The first-order valence-electron chi connectivity index (χ1n) is 8.04. The summed E-state index contributed by atoms with van der Waals surface area (Å²) in [6, 6.07) is 9.56. The van der Waals surface area contributed by atoms with E-state index in [4.69, 9.17) is 16.3 Å². The first kappa shape index (κ1) is 19.1. The maximum absolute atomic E-state index is 12.2. The molecule has 1 aromatic carbocycles. The molecule has 3 rings (SSSR count). The fourth-order valence-corrected chi connectivity index (χ4v) is 3.30. The number of ketones is 1. The number of thiophene rings is 1. The number of amides is 2. The Morgan fingerprint density at radius 2 is 1.96 bits per heavy atom. The third kappa shape index (κ3) is 4.72. The summed E-state index contributed by atoms with van der Waals surface area (Å²) in [6.07, 6.45) is -0.0904. The van der Waals surface area contributed by atoms with Gasteiger partial charge in [-0.3, -0.25) is 29.6 Å². The Morgan fingerprint density at radius 1 is 1.22 bits per heavy atom. The van der Waals surface area contributed by atoms with Crippen molar-refractivity contribution in [3.63, 3.8) is 0 Å². The number of carbonyl (C=O) groups excluding carboxylic acids is 4. The Hall–Kier alpha value is -2.71. The second-order valence-corrected chi connectivity index (χ2v) is 7.25. The third-order valence-corrected chi connectivity index (χ3v) is 5.11. The summed E-state index contributed by atoms with van der Waals surface area (Å²) in [4.78, 5) is 48.7. The van der Waals surface area contributed by atoms with Gasteiger partial charge in [0, 0.05) is 17.0 Å². The number of carbonyl (C=O) groups is 4. The molecule has 1 fully saturated rings. The molecule has 1 saturated heterocycles. The molecule has 0 unspecified atom stereocenters. The summed E-state index contributed by atoms with van der Waals surface area (Å²) in [5, 5.41) is 3.33. The van der Waals surface area contributed by atoms with E-state index >= 15 is 0 Å². The number of nitrogens with zero attached hydrogens (tertiary/aromatic N) is 1. The van der Waals surface area contributed by atoms with Gasteiger partial charge in [-0.25, -0.2) is 0 Å². The van der Waals surface area contributed by atoms with E-state index in [0.29, 0.717) is 15.5 Å². The second-order valence-electron chi connectivity index (χ2n) is 5.86. The smallest absolute Gasteiger partial charge is 0.311 e. The summed E-state index contributed by atoms with van der Waals surface area (Å²) in [7, 11) is 0. The van der Waals surface area contributed by atoms with E-state index in [9.17, 15) is 19.2 Å². The monoisotopic (exact) mass is 406 g/mol. The maximum Gasteiger partial charge on any atom is 0.311 e. The number of nitrogens with one attached hydrogen (secondary N) is 1. The van der Waals surface area contributed by atoms with E-state index in [1.807, 2.05) is 0 Å². The number of esters is 1. The van der Waals surface area contributed by atoms with E-state index in [0.717, 1.165) is 5.01 Å². The molecule has 27 heavy (non-hydrogen) atoms. The zero-order valence-corrected chi connectivity index (χ0v) is 15.6. The number of hydrogen-bond donors (Lipinski definition) is 1. The van der Waals surface area contributed by atoms with Crippen LogP contribution >= 0.6 is 22.9 Å². The molecule has 0 aliphatic carbocycles. The van der Waals surface area contributed by atoms with Crippen molar-refractivity contribution in [2.45, 2.75) is 6.42 Å². The SMILES string of the molecule is O=C(NN1C[C@@H](C(=O)OCC(=O)c2cccs2)CC1=O)c1ccc(Cl)cc1. The Kier molecular flexibility index (Phi) is 5.88. The Morgan fingerprint density at radius 3 is 2.63 bits per heavy atom. The average molecular weight is 407 g/mol. The van der Waals surface area contributed by atoms with Crippen molar-refractivity contribution in [2.24, 2.45) is 5.92 Å². The normalized spacial score (nSPS) is 16.3. The van der Waals surface area contributed by atoms with E-state index in [1.165, 1.54) is 23.5 Å². The molecule has 0 saturated carbocycles. The van der Waals surface area contributed by atoms with Crippen LogP contribution in [-0.4, -0.2) is 41.7 Å². The Balaban J connectivity index is 1.52. The van der Waals surface area contributed by atoms with Gasteiger partial charge in [-0.1, -0.05) is 17.7 Å². The summed E-state index contributed by atoms with van der Waals surface area (Å²) in [5.41, 5.74) is 2.80. The van der Waals surface area contributed by atoms with E-state index in [-0.39, 0.29) is 25.4 Å². The van der Waals surface area contributed by atoms with Crippen molar-refractivity contribution >= 4 is 46.5 Å². The molecular weight excluding hydrogens is 392 g/mol. The van der Waals surface area contributed by atoms with Gasteiger partial charge in [0.1, 0.15) is 0 Å². The fraction of sp³-hybridized carbons (Fsp3) is 0.222. The van der Waals surface area contributed by atoms with Gasteiger partial charge in [-0.05, 0) is 35.7 Å². The Labute approximate surface area is 163 Å². The zero-order valence-electron chi connectivity index (χ0n) is 14.0. The highest BCUT2D eigenvalue weighted by atomic mass is 35.5. The molecule has 1 atom stereocenters. The minimum atomic E-state index is -0.737. The summed E-state index contributed by atoms with van der Waals surface area (Å²) in [6.45, 7) is -0.384. The van der Waals surface area contributed by atoms with Crippen LogP contribution in [-0.2, 0) is 14.3 Å². The third-order valence-electron chi connectivity index (χ3n) is 3.94. The van der Waals surface area contributed by atoms with Gasteiger partial charge in [0.05, 0.1) is 17.3 Å². The molecule has 7 nitrogen and oxygen atoms in total. The van der Waals surface area contributed by atoms with Crippen LogP contribution in [0.5, 0.6) is 0 Å². The van der Waals surface area contributed by atoms with Gasteiger partial charge >= 0.3 is 5.97 Å². The molecule has 2 amide bonds. The molecule has 140 valence electrons. The lowest BCUT2D eigenvalue weighted by atomic mass is 10.1. The minimum Gasteiger partial charge on any atom is -0.457 e. The van der Waals surface area contributed by atoms with Crippen LogP contribution in [0.25, 0.3) is 0 Å². The van der Waals surface area contributed by atoms with E-state index in [1.54, 1.807) is 29.6 Å². The quantitative estimate of drug-likeness (QED) is 0.587. The number of benzene rings is 1. The highest BCUT2D eigenvalue weighted by Crippen LogP contribution is 2.19. The maximum atomic E-state index is 12.2. The minimum absolute atomic E-state index is 0.00973. The van der Waals surface area contributed by atoms with Gasteiger partial charge in [0.25, 0.3) is 5.91 Å². The first-order chi connectivity index (χ1) is 12.9. The topological polar surface area (TPSA) is 92.8 Å². The van der Waals surface area contributed by atoms with Crippen LogP contribution in [0.15, 0.2) is 41.8 Å². The van der Waals surface area contributed by atoms with Crippen molar-refractivity contribution in [3.05, 3.63) is 57.2 Å². The number of rotatable bonds is 6. The van der Waals surface area contributed by atoms with E-state index < -0.39 is 23.7 Å². The lowest BCUT2D eigenvalue weighted by Crippen LogP contribution is -2.43. The van der Waals surface area contributed by atoms with Crippen LogP contribution in [0.3, 0.4) is 0 Å². The van der Waals surface area contributed by atoms with Gasteiger partial charge < -0.3 is 4.74 Å². The van der Waals surface area contributed by atoms with Crippen molar-refractivity contribution in [3.8, 4) is 0 Å². The number of hydrazine groups is 1. The molecule has 2 aromatic rings. The molecule has 0 spiro atoms. The lowest BCUT2D eigenvalue weighted by Gasteiger charge is -2.17. The van der Waals surface area contributed by atoms with Gasteiger partial charge in [0.2, 0.25) is 11.7 Å². The molecule has 1 aliphatic heterocycles. The molecule has 1 aliphatic rings. The molecule has 2 heterocycles. The predicted molar refractivity (Wildman–Crippen MR) is 98.3 cm³/mol. The van der Waals surface area contributed by atoms with Crippen LogP contribution in [0.4, 0.5) is 0 Å². The van der Waals surface area contributed by atoms with Crippen molar-refractivity contribution < 1.29 is 23.9 Å². The van der Waals surface area contributed by atoms with Crippen molar-refractivity contribution in [2.75, 3.05) is 13.2 Å². The predicted octanol–water partition coefficient (Wildman–Crippen LogP) is 2.32. The Bertz CT molecular complexity index is 866. The standard InChI is InChI=1S/C18H15ClN2O5S/c19-13-5-3-11(4-6-13)17(24)20-21-9-12(8-16(21)23)18(25)26-10-14(22)15-2-1-7-27-15/h1-7,12H,8-10H2,(H,20,24)/t12-/m0/s1. The second kappa shape index (κ2) is 8.32. The summed E-state index contributed by atoms with van der Waals surface area (Å²) >= 11 is 7.04. The molecule has 0 bridgehead atoms. The van der Waals surface area contributed by atoms with Gasteiger partial charge in [0.15, 0.2) is 6.61 Å². The molecule has 1 aromatic heterocycles. The highest BCUT2D eigenvalue weighted by Gasteiger charge is 2.36. The van der Waals surface area contributed by atoms with Crippen molar-refractivity contribution in [1.29, 1.82) is 0 Å². The largest absolute Gasteiger partial charge is 0.457 e. The van der Waals surface area contributed by atoms with E-state index in [2.05, 4.69) is 5.43 Å². The fourth-order valence-electron chi connectivity index (χ4n) is 2.52. The molecule has 1 N–H and O–H groups in total. The van der Waals surface area contributed by atoms with Crippen LogP contribution < -0.4 is 5.43 Å². The van der Waals surface area contributed by atoms with Crippen LogP contribution in [0.2, 0.25) is 5.02 Å². The van der Waals surface area contributed by atoms with Gasteiger partial charge in [-0.15, -0.1) is 11.3 Å². The van der Waals surface area contributed by atoms with Gasteiger partial charge in [-0.2, -0.15) is 0 Å². The number of ether oxygens (including phenoxy) is 1. The average Bonchev–Trinajstić information content (AvgIpc) is 3.30. The highest BCUT2D eigenvalue weighted by molar-refractivity contribution is 7.12. The number of halogens is 1. The number of Topliss-reactive ketones (excluding diaryl/α,β-unsaturated/α-hetero) is 1. The number of hydrogen-bond acceptors (Lipinski definition) is 6. The van der Waals surface area contributed by atoms with Crippen molar-refractivity contribution in [1.82, 2.24) is 10.4 Å². The van der Waals surface area contributed by atoms with Crippen LogP contribution in [0, 0.1) is 5.92 Å². The molecular formula is C18H15ClN2O5S. The van der Waals surface area contributed by atoms with Crippen LogP contribution in [0.1, 0.15) is 26.5 Å². The first-order valence-corrected chi connectivity index (χ1v) is 9.30. The molecule has 0 radical (unpaired) electrons. The summed E-state index contributed by atoms with van der Waals surface area (Å²) in [5.74, 6) is -2.56. The molecule has 9 heteroatoms. The zero-order chi connectivity index (χ0) is 19.4. The summed E-state index contributed by atoms with van der Waals surface area (Å²) < 4.78 is 5.02. The lowest BCUT2D eigenvalue weighted by molar-refractivity contribution is -0.147.